The van der Waals surface area contributed by atoms with Crippen LogP contribution in [0, 0.1) is 5.51 Å². The van der Waals surface area contributed by atoms with Gasteiger partial charge in [-0.2, -0.15) is 0 Å². The molecule has 5 heteroatoms. The van der Waals surface area contributed by atoms with Gasteiger partial charge in [-0.15, -0.1) is 11.3 Å². The second-order valence-electron chi connectivity index (χ2n) is 2.33. The third-order valence-corrected chi connectivity index (χ3v) is 2.37. The van der Waals surface area contributed by atoms with E-state index in [1.54, 1.807) is 12.1 Å². The molecule has 0 saturated carbocycles. The van der Waals surface area contributed by atoms with E-state index in [1.165, 1.54) is 11.3 Å². The minimum Gasteiger partial charge on any atom is -0.233 e. The number of rotatable bonds is 1. The van der Waals surface area contributed by atoms with Gasteiger partial charge in [0.15, 0.2) is 5.51 Å². The zero-order valence-electron chi connectivity index (χ0n) is 6.29. The SMILES string of the molecule is Clc1cc(-c2cs[c]n2)cc(Cl)n1. The first-order chi connectivity index (χ1) is 6.25. The van der Waals surface area contributed by atoms with Crippen molar-refractivity contribution in [1.29, 1.82) is 0 Å². The maximum atomic E-state index is 5.74. The molecule has 0 fully saturated rings. The van der Waals surface area contributed by atoms with Crippen LogP contribution < -0.4 is 0 Å². The number of hydrogen-bond acceptors (Lipinski definition) is 3. The summed E-state index contributed by atoms with van der Waals surface area (Å²) >= 11 is 12.9. The van der Waals surface area contributed by atoms with Crippen LogP contribution in [0.4, 0.5) is 0 Å². The van der Waals surface area contributed by atoms with Crippen molar-refractivity contribution in [3.63, 3.8) is 0 Å². The van der Waals surface area contributed by atoms with Gasteiger partial charge in [0.2, 0.25) is 0 Å². The van der Waals surface area contributed by atoms with Gasteiger partial charge in [-0.25, -0.2) is 9.97 Å². The van der Waals surface area contributed by atoms with Crippen molar-refractivity contribution in [2.75, 3.05) is 0 Å². The summed E-state index contributed by atoms with van der Waals surface area (Å²) in [6, 6.07) is 3.44. The minimum atomic E-state index is 0.371. The molecule has 0 spiro atoms. The molecule has 0 bridgehead atoms. The first-order valence-electron chi connectivity index (χ1n) is 3.41. The molecule has 2 rings (SSSR count). The summed E-state index contributed by atoms with van der Waals surface area (Å²) in [5, 5.41) is 2.62. The van der Waals surface area contributed by atoms with Crippen LogP contribution in [0.3, 0.4) is 0 Å². The van der Waals surface area contributed by atoms with Crippen LogP contribution in [0.25, 0.3) is 11.3 Å². The van der Waals surface area contributed by atoms with Crippen molar-refractivity contribution in [2.45, 2.75) is 0 Å². The Hall–Kier alpha value is -0.640. The number of nitrogens with zero attached hydrogens (tertiary/aromatic N) is 2. The fraction of sp³-hybridized carbons (Fsp3) is 0. The van der Waals surface area contributed by atoms with E-state index in [1.807, 2.05) is 5.38 Å². The van der Waals surface area contributed by atoms with E-state index in [0.29, 0.717) is 10.3 Å². The van der Waals surface area contributed by atoms with E-state index < -0.39 is 0 Å². The van der Waals surface area contributed by atoms with Gasteiger partial charge in [-0.1, -0.05) is 23.2 Å². The molecular formula is C8H3Cl2N2S. The lowest BCUT2D eigenvalue weighted by atomic mass is 10.2. The van der Waals surface area contributed by atoms with Gasteiger partial charge in [0.1, 0.15) is 10.3 Å². The Morgan fingerprint density at radius 2 is 1.92 bits per heavy atom. The fourth-order valence-electron chi connectivity index (χ4n) is 0.929. The van der Waals surface area contributed by atoms with Gasteiger partial charge >= 0.3 is 0 Å². The summed E-state index contributed by atoms with van der Waals surface area (Å²) in [5.41, 5.74) is 4.43. The van der Waals surface area contributed by atoms with E-state index in [-0.39, 0.29) is 0 Å². The summed E-state index contributed by atoms with van der Waals surface area (Å²) in [6.45, 7) is 0. The van der Waals surface area contributed by atoms with E-state index in [0.717, 1.165) is 11.3 Å². The van der Waals surface area contributed by atoms with Crippen LogP contribution in [0.15, 0.2) is 17.5 Å². The molecule has 13 heavy (non-hydrogen) atoms. The van der Waals surface area contributed by atoms with Gasteiger partial charge in [-0.3, -0.25) is 0 Å². The summed E-state index contributed by atoms with van der Waals surface area (Å²) in [4.78, 5) is 7.86. The lowest BCUT2D eigenvalue weighted by Crippen LogP contribution is -1.81. The predicted octanol–water partition coefficient (Wildman–Crippen LogP) is 3.31. The molecule has 65 valence electrons. The van der Waals surface area contributed by atoms with Crippen LogP contribution in [-0.2, 0) is 0 Å². The summed E-state index contributed by atoms with van der Waals surface area (Å²) in [6.07, 6.45) is 0. The Labute approximate surface area is 89.2 Å². The molecule has 2 aromatic heterocycles. The highest BCUT2D eigenvalue weighted by molar-refractivity contribution is 7.07. The van der Waals surface area contributed by atoms with Crippen molar-refractivity contribution in [2.24, 2.45) is 0 Å². The number of hydrogen-bond donors (Lipinski definition) is 0. The highest BCUT2D eigenvalue weighted by Crippen LogP contribution is 2.24. The molecule has 2 aromatic rings. The van der Waals surface area contributed by atoms with Crippen molar-refractivity contribution >= 4 is 34.5 Å². The smallest absolute Gasteiger partial charge is 0.152 e. The van der Waals surface area contributed by atoms with E-state index in [2.05, 4.69) is 15.5 Å². The Bertz CT molecular complexity index is 394. The summed E-state index contributed by atoms with van der Waals surface area (Å²) in [5.74, 6) is 0. The second-order valence-corrected chi connectivity index (χ2v) is 3.75. The molecule has 1 radical (unpaired) electrons. The molecule has 0 atom stereocenters. The lowest BCUT2D eigenvalue weighted by Gasteiger charge is -1.97. The monoisotopic (exact) mass is 229 g/mol. The Kier molecular flexibility index (Phi) is 2.49. The van der Waals surface area contributed by atoms with Crippen molar-refractivity contribution in [3.05, 3.63) is 33.3 Å². The number of aromatic nitrogens is 2. The minimum absolute atomic E-state index is 0.371. The third-order valence-electron chi connectivity index (χ3n) is 1.45. The van der Waals surface area contributed by atoms with Gasteiger partial charge in [0, 0.05) is 10.9 Å². The molecule has 2 nitrogen and oxygen atoms in total. The van der Waals surface area contributed by atoms with Crippen LogP contribution in [-0.4, -0.2) is 9.97 Å². The molecule has 0 N–H and O–H groups in total. The second kappa shape index (κ2) is 3.62. The molecule has 0 aliphatic rings. The highest BCUT2D eigenvalue weighted by atomic mass is 35.5. The largest absolute Gasteiger partial charge is 0.233 e. The van der Waals surface area contributed by atoms with Crippen LogP contribution >= 0.6 is 34.5 Å². The average molecular weight is 230 g/mol. The van der Waals surface area contributed by atoms with Gasteiger partial charge < -0.3 is 0 Å². The molecular weight excluding hydrogens is 227 g/mol. The highest BCUT2D eigenvalue weighted by Gasteiger charge is 2.03. The molecule has 2 heterocycles. The number of thiazole rings is 1. The number of pyridine rings is 1. The molecule has 0 unspecified atom stereocenters. The zero-order chi connectivity index (χ0) is 9.26. The van der Waals surface area contributed by atoms with E-state index in [4.69, 9.17) is 23.2 Å². The summed E-state index contributed by atoms with van der Waals surface area (Å²) < 4.78 is 0. The molecule has 0 saturated heterocycles. The Balaban J connectivity index is 2.53. The molecule has 0 aromatic carbocycles. The fourth-order valence-corrected chi connectivity index (χ4v) is 1.89. The van der Waals surface area contributed by atoms with Crippen molar-refractivity contribution in [1.82, 2.24) is 9.97 Å². The third kappa shape index (κ3) is 1.99. The first-order valence-corrected chi connectivity index (χ1v) is 5.04. The van der Waals surface area contributed by atoms with Crippen molar-refractivity contribution in [3.8, 4) is 11.3 Å². The van der Waals surface area contributed by atoms with Gasteiger partial charge in [0.05, 0.1) is 5.69 Å². The van der Waals surface area contributed by atoms with Crippen LogP contribution in [0.5, 0.6) is 0 Å². The maximum Gasteiger partial charge on any atom is 0.152 e. The lowest BCUT2D eigenvalue weighted by molar-refractivity contribution is 1.31. The quantitative estimate of drug-likeness (QED) is 0.702. The normalized spacial score (nSPS) is 10.3. The predicted molar refractivity (Wildman–Crippen MR) is 54.2 cm³/mol. The van der Waals surface area contributed by atoms with Crippen LogP contribution in [0.2, 0.25) is 10.3 Å². The molecule has 0 aliphatic heterocycles. The van der Waals surface area contributed by atoms with Gasteiger partial charge in [0.25, 0.3) is 0 Å². The standard InChI is InChI=1S/C8H3Cl2N2S/c9-7-1-5(2-8(10)12-7)6-3-13-4-11-6/h1-3H. The maximum absolute atomic E-state index is 5.74. The zero-order valence-corrected chi connectivity index (χ0v) is 8.62. The van der Waals surface area contributed by atoms with Crippen LogP contribution in [0.1, 0.15) is 0 Å². The summed E-state index contributed by atoms with van der Waals surface area (Å²) in [7, 11) is 0. The van der Waals surface area contributed by atoms with Crippen molar-refractivity contribution < 1.29 is 0 Å². The van der Waals surface area contributed by atoms with E-state index >= 15 is 0 Å². The Morgan fingerprint density at radius 3 is 2.46 bits per heavy atom. The molecule has 0 amide bonds. The Morgan fingerprint density at radius 1 is 1.23 bits per heavy atom. The molecule has 0 aliphatic carbocycles. The van der Waals surface area contributed by atoms with Gasteiger partial charge in [-0.05, 0) is 12.1 Å². The van der Waals surface area contributed by atoms with E-state index in [9.17, 15) is 0 Å². The first kappa shape index (κ1) is 8.94. The number of halogens is 2. The average Bonchev–Trinajstić information content (AvgIpc) is 2.53. The topological polar surface area (TPSA) is 25.8 Å².